The summed E-state index contributed by atoms with van der Waals surface area (Å²) in [6, 6.07) is 13.5. The minimum Gasteiger partial charge on any atom is -0.398 e. The summed E-state index contributed by atoms with van der Waals surface area (Å²) in [7, 11) is -3.29. The van der Waals surface area contributed by atoms with Gasteiger partial charge in [0.2, 0.25) is 0 Å². The Hall–Kier alpha value is -2.01. The van der Waals surface area contributed by atoms with Crippen LogP contribution in [0.5, 0.6) is 0 Å². The zero-order valence-electron chi connectivity index (χ0n) is 11.9. The Morgan fingerprint density at radius 1 is 1.14 bits per heavy atom. The van der Waals surface area contributed by atoms with Crippen LogP contribution in [0.15, 0.2) is 47.4 Å². The highest BCUT2D eigenvalue weighted by molar-refractivity contribution is 7.90. The maximum Gasteiger partial charge on any atom is 0.177 e. The molecule has 2 N–H and O–H groups in total. The van der Waals surface area contributed by atoms with Gasteiger partial charge >= 0.3 is 0 Å². The first-order valence-electron chi connectivity index (χ1n) is 6.92. The van der Waals surface area contributed by atoms with Gasteiger partial charge in [0.15, 0.2) is 9.84 Å². The summed E-state index contributed by atoms with van der Waals surface area (Å²) in [6.07, 6.45) is 3.32. The molecule has 2 aromatic carbocycles. The summed E-state index contributed by atoms with van der Waals surface area (Å²) in [6.45, 7) is 0.911. The van der Waals surface area contributed by atoms with Crippen LogP contribution >= 0.6 is 0 Å². The molecule has 21 heavy (non-hydrogen) atoms. The normalized spacial score (nSPS) is 14.8. The zero-order chi connectivity index (χ0) is 15.0. The number of anilines is 3. The van der Waals surface area contributed by atoms with Crippen LogP contribution in [0.1, 0.15) is 12.0 Å². The van der Waals surface area contributed by atoms with E-state index in [2.05, 4.69) is 17.0 Å². The molecule has 0 fully saturated rings. The van der Waals surface area contributed by atoms with E-state index in [9.17, 15) is 8.42 Å². The third-order valence-corrected chi connectivity index (χ3v) is 4.99. The quantitative estimate of drug-likeness (QED) is 0.866. The van der Waals surface area contributed by atoms with Crippen LogP contribution in [0.3, 0.4) is 0 Å². The van der Waals surface area contributed by atoms with E-state index >= 15 is 0 Å². The first-order valence-corrected chi connectivity index (χ1v) is 8.81. The highest BCUT2D eigenvalue weighted by Crippen LogP contribution is 2.35. The third kappa shape index (κ3) is 2.61. The summed E-state index contributed by atoms with van der Waals surface area (Å²) in [5, 5.41) is 0. The van der Waals surface area contributed by atoms with Crippen LogP contribution in [-0.4, -0.2) is 21.2 Å². The minimum atomic E-state index is -3.29. The summed E-state index contributed by atoms with van der Waals surface area (Å²) in [4.78, 5) is 2.39. The lowest BCUT2D eigenvalue weighted by atomic mass is 10.0. The highest BCUT2D eigenvalue weighted by Gasteiger charge is 2.19. The first-order chi connectivity index (χ1) is 9.97. The van der Waals surface area contributed by atoms with Gasteiger partial charge in [0.1, 0.15) is 0 Å². The van der Waals surface area contributed by atoms with Crippen molar-refractivity contribution in [3.05, 3.63) is 48.0 Å². The van der Waals surface area contributed by atoms with Gasteiger partial charge < -0.3 is 10.6 Å². The van der Waals surface area contributed by atoms with Crippen molar-refractivity contribution in [1.29, 1.82) is 0 Å². The number of hydrogen-bond donors (Lipinski definition) is 1. The lowest BCUT2D eigenvalue weighted by Crippen LogP contribution is -2.24. The molecule has 0 amide bonds. The van der Waals surface area contributed by atoms with E-state index in [0.717, 1.165) is 25.1 Å². The fourth-order valence-electron chi connectivity index (χ4n) is 2.84. The van der Waals surface area contributed by atoms with Crippen molar-refractivity contribution in [2.75, 3.05) is 23.4 Å². The van der Waals surface area contributed by atoms with Crippen LogP contribution in [0.2, 0.25) is 0 Å². The topological polar surface area (TPSA) is 63.4 Å². The number of benzene rings is 2. The van der Waals surface area contributed by atoms with Gasteiger partial charge in [-0.05, 0) is 42.7 Å². The molecule has 0 atom stereocenters. The predicted octanol–water partition coefficient (Wildman–Crippen LogP) is 2.76. The molecule has 1 aliphatic rings. The second-order valence-corrected chi connectivity index (χ2v) is 7.36. The minimum absolute atomic E-state index is 0.191. The van der Waals surface area contributed by atoms with E-state index in [-0.39, 0.29) is 4.90 Å². The van der Waals surface area contributed by atoms with E-state index < -0.39 is 9.84 Å². The van der Waals surface area contributed by atoms with Gasteiger partial charge in [-0.15, -0.1) is 0 Å². The lowest BCUT2D eigenvalue weighted by molar-refractivity contribution is 0.602. The molecule has 0 unspecified atom stereocenters. The molecule has 0 aromatic heterocycles. The van der Waals surface area contributed by atoms with Gasteiger partial charge in [-0.2, -0.15) is 0 Å². The van der Waals surface area contributed by atoms with Crippen molar-refractivity contribution in [3.63, 3.8) is 0 Å². The Morgan fingerprint density at radius 3 is 2.62 bits per heavy atom. The number of sulfone groups is 1. The number of para-hydroxylation sites is 1. The predicted molar refractivity (Wildman–Crippen MR) is 85.7 cm³/mol. The standard InChI is InChI=1S/C16H18N2O2S/c1-21(19,20)16-9-8-13(11-14(16)17)18-10-4-6-12-5-2-3-7-15(12)18/h2-3,5,7-9,11H,4,6,10,17H2,1H3. The SMILES string of the molecule is CS(=O)(=O)c1ccc(N2CCCc3ccccc32)cc1N. The number of rotatable bonds is 2. The molecule has 5 heteroatoms. The molecule has 0 aliphatic carbocycles. The molecule has 110 valence electrons. The fourth-order valence-corrected chi connectivity index (χ4v) is 3.65. The van der Waals surface area contributed by atoms with Crippen molar-refractivity contribution >= 4 is 26.9 Å². The van der Waals surface area contributed by atoms with Crippen LogP contribution in [0.25, 0.3) is 0 Å². The Bertz CT molecular complexity index is 785. The molecule has 1 aliphatic heterocycles. The largest absolute Gasteiger partial charge is 0.398 e. The zero-order valence-corrected chi connectivity index (χ0v) is 12.7. The highest BCUT2D eigenvalue weighted by atomic mass is 32.2. The van der Waals surface area contributed by atoms with Crippen molar-refractivity contribution in [1.82, 2.24) is 0 Å². The van der Waals surface area contributed by atoms with Crippen molar-refractivity contribution < 1.29 is 8.42 Å². The van der Waals surface area contributed by atoms with Crippen LogP contribution in [0, 0.1) is 0 Å². The van der Waals surface area contributed by atoms with Crippen LogP contribution < -0.4 is 10.6 Å². The molecule has 1 heterocycles. The average molecular weight is 302 g/mol. The molecular formula is C16H18N2O2S. The van der Waals surface area contributed by atoms with Gasteiger partial charge in [-0.25, -0.2) is 8.42 Å². The lowest BCUT2D eigenvalue weighted by Gasteiger charge is -2.31. The Kier molecular flexibility index (Phi) is 3.37. The van der Waals surface area contributed by atoms with Crippen molar-refractivity contribution in [3.8, 4) is 0 Å². The van der Waals surface area contributed by atoms with Gasteiger partial charge in [0, 0.05) is 24.2 Å². The fraction of sp³-hybridized carbons (Fsp3) is 0.250. The van der Waals surface area contributed by atoms with Crippen molar-refractivity contribution in [2.45, 2.75) is 17.7 Å². The Labute approximate surface area is 125 Å². The molecule has 0 saturated carbocycles. The van der Waals surface area contributed by atoms with Gasteiger partial charge in [-0.3, -0.25) is 0 Å². The Balaban J connectivity index is 2.05. The maximum absolute atomic E-state index is 11.6. The molecule has 0 radical (unpaired) electrons. The van der Waals surface area contributed by atoms with E-state index in [1.165, 1.54) is 17.5 Å². The second-order valence-electron chi connectivity index (χ2n) is 5.38. The van der Waals surface area contributed by atoms with E-state index in [1.807, 2.05) is 18.2 Å². The molecule has 0 spiro atoms. The van der Waals surface area contributed by atoms with E-state index in [1.54, 1.807) is 12.1 Å². The van der Waals surface area contributed by atoms with E-state index in [4.69, 9.17) is 5.73 Å². The number of nitrogen functional groups attached to an aromatic ring is 1. The number of nitrogens with two attached hydrogens (primary N) is 1. The number of hydrogen-bond acceptors (Lipinski definition) is 4. The van der Waals surface area contributed by atoms with Gasteiger partial charge in [-0.1, -0.05) is 18.2 Å². The van der Waals surface area contributed by atoms with E-state index in [0.29, 0.717) is 5.69 Å². The maximum atomic E-state index is 11.6. The van der Waals surface area contributed by atoms with Gasteiger partial charge in [0.25, 0.3) is 0 Å². The molecular weight excluding hydrogens is 284 g/mol. The molecule has 0 saturated heterocycles. The molecule has 3 rings (SSSR count). The van der Waals surface area contributed by atoms with Gasteiger partial charge in [0.05, 0.1) is 10.6 Å². The number of fused-ring (bicyclic) bond motifs is 1. The smallest absolute Gasteiger partial charge is 0.177 e. The van der Waals surface area contributed by atoms with Crippen LogP contribution in [-0.2, 0) is 16.3 Å². The Morgan fingerprint density at radius 2 is 1.90 bits per heavy atom. The van der Waals surface area contributed by atoms with Crippen molar-refractivity contribution in [2.24, 2.45) is 0 Å². The van der Waals surface area contributed by atoms with Crippen LogP contribution in [0.4, 0.5) is 17.1 Å². The number of nitrogens with zero attached hydrogens (tertiary/aromatic N) is 1. The molecule has 2 aromatic rings. The third-order valence-electron chi connectivity index (χ3n) is 3.81. The molecule has 0 bridgehead atoms. The summed E-state index contributed by atoms with van der Waals surface area (Å²) < 4.78 is 23.3. The summed E-state index contributed by atoms with van der Waals surface area (Å²) >= 11 is 0. The second kappa shape index (κ2) is 5.07. The average Bonchev–Trinajstić information content (AvgIpc) is 2.45. The first kappa shape index (κ1) is 13.9. The number of aryl methyl sites for hydroxylation is 1. The monoisotopic (exact) mass is 302 g/mol. The summed E-state index contributed by atoms with van der Waals surface area (Å²) in [5.41, 5.74) is 9.66. The molecule has 4 nitrogen and oxygen atoms in total. The summed E-state index contributed by atoms with van der Waals surface area (Å²) in [5.74, 6) is 0.